The molecule has 2 heterocycles. The highest BCUT2D eigenvalue weighted by molar-refractivity contribution is 7.46. The third kappa shape index (κ3) is 4.23. The molecular formula is C11H16N3O7P. The van der Waals surface area contributed by atoms with Crippen molar-refractivity contribution in [1.82, 2.24) is 15.8 Å². The number of nitrogens with zero attached hydrogens (tertiary/aromatic N) is 1. The highest BCUT2D eigenvalue weighted by Gasteiger charge is 2.26. The van der Waals surface area contributed by atoms with Gasteiger partial charge in [-0.2, -0.15) is 0 Å². The second-order valence-corrected chi connectivity index (χ2v) is 5.91. The number of nitrogens with one attached hydrogen (secondary N) is 2. The lowest BCUT2D eigenvalue weighted by Crippen LogP contribution is -2.37. The van der Waals surface area contributed by atoms with Gasteiger partial charge >= 0.3 is 7.82 Å². The van der Waals surface area contributed by atoms with Crippen LogP contribution in [0.3, 0.4) is 0 Å². The van der Waals surface area contributed by atoms with E-state index in [1.807, 2.05) is 0 Å². The first-order valence-electron chi connectivity index (χ1n) is 6.29. The first kappa shape index (κ1) is 16.8. The maximum absolute atomic E-state index is 11.4. The Balaban J connectivity index is 2.14. The van der Waals surface area contributed by atoms with Crippen molar-refractivity contribution in [2.75, 3.05) is 6.61 Å². The minimum atomic E-state index is -4.64. The predicted octanol–water partition coefficient (Wildman–Crippen LogP) is -0.775. The maximum atomic E-state index is 11.4. The van der Waals surface area contributed by atoms with E-state index in [4.69, 9.17) is 14.6 Å². The molecule has 0 spiro atoms. The van der Waals surface area contributed by atoms with Crippen LogP contribution < -0.4 is 10.8 Å². The molecule has 11 heteroatoms. The molecule has 1 saturated heterocycles. The highest BCUT2D eigenvalue weighted by atomic mass is 31.2. The molecule has 0 aliphatic carbocycles. The third-order valence-corrected chi connectivity index (χ3v) is 3.55. The van der Waals surface area contributed by atoms with Gasteiger partial charge in [-0.1, -0.05) is 0 Å². The third-order valence-electron chi connectivity index (χ3n) is 3.08. The number of carbonyl (C=O) groups is 1. The largest absolute Gasteiger partial charge is 0.506 e. The minimum absolute atomic E-state index is 0.0799. The summed E-state index contributed by atoms with van der Waals surface area (Å²) in [6.07, 6.45) is 1.35. The fourth-order valence-corrected chi connectivity index (χ4v) is 2.19. The Labute approximate surface area is 125 Å². The number of hydrogen-bond acceptors (Lipinski definition) is 7. The van der Waals surface area contributed by atoms with Crippen LogP contribution in [0, 0.1) is 6.92 Å². The average Bonchev–Trinajstić information content (AvgIpc) is 2.83. The first-order valence-corrected chi connectivity index (χ1v) is 7.82. The predicted molar refractivity (Wildman–Crippen MR) is 72.2 cm³/mol. The van der Waals surface area contributed by atoms with Crippen LogP contribution in [0.2, 0.25) is 0 Å². The lowest BCUT2D eigenvalue weighted by atomic mass is 10.1. The zero-order chi connectivity index (χ0) is 16.3. The Bertz CT molecular complexity index is 618. The van der Waals surface area contributed by atoms with Crippen molar-refractivity contribution in [1.29, 1.82) is 0 Å². The first-order chi connectivity index (χ1) is 10.3. The number of hydrogen-bond donors (Lipinski definition) is 5. The fourth-order valence-electron chi connectivity index (χ4n) is 1.88. The number of hydroxylamine groups is 1. The van der Waals surface area contributed by atoms with Gasteiger partial charge in [0, 0.05) is 23.9 Å². The van der Waals surface area contributed by atoms with E-state index in [2.05, 4.69) is 20.3 Å². The van der Waals surface area contributed by atoms with E-state index in [9.17, 15) is 14.5 Å². The second-order valence-electron chi connectivity index (χ2n) is 4.67. The van der Waals surface area contributed by atoms with E-state index in [0.29, 0.717) is 16.8 Å². The molecule has 22 heavy (non-hydrogen) atoms. The lowest BCUT2D eigenvalue weighted by molar-refractivity contribution is -0.125. The molecule has 1 amide bonds. The van der Waals surface area contributed by atoms with Crippen LogP contribution in [-0.2, 0) is 31.9 Å². The Morgan fingerprint density at radius 2 is 2.32 bits per heavy atom. The molecule has 122 valence electrons. The van der Waals surface area contributed by atoms with E-state index in [0.717, 1.165) is 0 Å². The van der Waals surface area contributed by atoms with Crippen molar-refractivity contribution in [2.24, 2.45) is 0 Å². The van der Waals surface area contributed by atoms with E-state index >= 15 is 0 Å². The van der Waals surface area contributed by atoms with Crippen molar-refractivity contribution in [3.8, 4) is 5.75 Å². The van der Waals surface area contributed by atoms with Crippen molar-refractivity contribution < 1.29 is 33.6 Å². The van der Waals surface area contributed by atoms with Gasteiger partial charge in [0.1, 0.15) is 11.8 Å². The minimum Gasteiger partial charge on any atom is -0.506 e. The molecule has 1 atom stereocenters. The van der Waals surface area contributed by atoms with Crippen molar-refractivity contribution in [3.63, 3.8) is 0 Å². The number of phosphoric acid groups is 1. The summed E-state index contributed by atoms with van der Waals surface area (Å²) in [6, 6.07) is -0.580. The highest BCUT2D eigenvalue weighted by Crippen LogP contribution is 2.38. The van der Waals surface area contributed by atoms with Crippen molar-refractivity contribution in [3.05, 3.63) is 23.0 Å². The summed E-state index contributed by atoms with van der Waals surface area (Å²) in [5.74, 6) is -0.461. The summed E-state index contributed by atoms with van der Waals surface area (Å²) in [5.41, 5.74) is 3.19. The number of pyridine rings is 1. The van der Waals surface area contributed by atoms with E-state index in [-0.39, 0.29) is 24.8 Å². The summed E-state index contributed by atoms with van der Waals surface area (Å²) in [4.78, 5) is 37.6. The number of aromatic nitrogens is 1. The molecule has 2 rings (SSSR count). The normalized spacial score (nSPS) is 18.5. The summed E-state index contributed by atoms with van der Waals surface area (Å²) in [5, 5.41) is 12.9. The lowest BCUT2D eigenvalue weighted by Gasteiger charge is -2.15. The summed E-state index contributed by atoms with van der Waals surface area (Å²) < 4.78 is 15.2. The fraction of sp³-hybridized carbons (Fsp3) is 0.455. The molecule has 0 radical (unpaired) electrons. The molecule has 1 aromatic rings. The molecule has 0 bridgehead atoms. The van der Waals surface area contributed by atoms with Gasteiger partial charge in [0.15, 0.2) is 0 Å². The number of carbonyl (C=O) groups excluding carboxylic acids is 1. The van der Waals surface area contributed by atoms with E-state index in [1.54, 1.807) is 6.92 Å². The molecule has 0 saturated carbocycles. The molecule has 5 N–H and O–H groups in total. The van der Waals surface area contributed by atoms with Crippen LogP contribution in [-0.4, -0.2) is 38.4 Å². The molecule has 1 aliphatic heterocycles. The van der Waals surface area contributed by atoms with Gasteiger partial charge in [0.25, 0.3) is 5.91 Å². The Kier molecular flexibility index (Phi) is 5.12. The Morgan fingerprint density at radius 1 is 1.59 bits per heavy atom. The van der Waals surface area contributed by atoms with Gasteiger partial charge in [0.05, 0.1) is 18.9 Å². The maximum Gasteiger partial charge on any atom is 0.469 e. The van der Waals surface area contributed by atoms with Crippen LogP contribution in [0.15, 0.2) is 6.20 Å². The van der Waals surface area contributed by atoms with Gasteiger partial charge in [-0.25, -0.2) is 10.0 Å². The monoisotopic (exact) mass is 333 g/mol. The molecule has 1 aromatic heterocycles. The topological polar surface area (TPSA) is 150 Å². The van der Waals surface area contributed by atoms with Crippen LogP contribution in [0.25, 0.3) is 0 Å². The molecule has 1 aliphatic rings. The SMILES string of the molecule is Cc1ncc(COP(=O)(O)O)c(CN[C@H]2CONC2=O)c1O. The number of aromatic hydroxyl groups is 1. The van der Waals surface area contributed by atoms with Gasteiger partial charge in [0.2, 0.25) is 0 Å². The number of rotatable bonds is 6. The summed E-state index contributed by atoms with van der Waals surface area (Å²) >= 11 is 0. The molecule has 10 nitrogen and oxygen atoms in total. The van der Waals surface area contributed by atoms with Crippen molar-refractivity contribution in [2.45, 2.75) is 26.1 Å². The quantitative estimate of drug-likeness (QED) is 0.422. The van der Waals surface area contributed by atoms with E-state index in [1.165, 1.54) is 6.20 Å². The standard InChI is InChI=1S/C11H16N3O7P/c1-6-10(15)8(3-13-9-5-20-14-11(9)16)7(2-12-6)4-21-22(17,18)19/h2,9,13,15H,3-5H2,1H3,(H,14,16)(H2,17,18,19)/t9-/m0/s1. The van der Waals surface area contributed by atoms with Gasteiger partial charge in [-0.15, -0.1) is 0 Å². The van der Waals surface area contributed by atoms with Crippen LogP contribution >= 0.6 is 7.82 Å². The number of aryl methyl sites for hydroxylation is 1. The molecular weight excluding hydrogens is 317 g/mol. The summed E-state index contributed by atoms with van der Waals surface area (Å²) in [6.45, 7) is 1.38. The van der Waals surface area contributed by atoms with Gasteiger partial charge in [-0.05, 0) is 6.92 Å². The van der Waals surface area contributed by atoms with E-state index < -0.39 is 20.5 Å². The number of amides is 1. The van der Waals surface area contributed by atoms with Crippen LogP contribution in [0.1, 0.15) is 16.8 Å². The zero-order valence-corrected chi connectivity index (χ0v) is 12.5. The van der Waals surface area contributed by atoms with Gasteiger partial charge in [-0.3, -0.25) is 24.5 Å². The Morgan fingerprint density at radius 3 is 2.91 bits per heavy atom. The summed E-state index contributed by atoms with van der Waals surface area (Å²) in [7, 11) is -4.64. The second kappa shape index (κ2) is 6.69. The molecule has 1 fully saturated rings. The van der Waals surface area contributed by atoms with Crippen LogP contribution in [0.4, 0.5) is 0 Å². The smallest absolute Gasteiger partial charge is 0.469 e. The number of phosphoric ester groups is 1. The zero-order valence-electron chi connectivity index (χ0n) is 11.6. The average molecular weight is 333 g/mol. The molecule has 0 unspecified atom stereocenters. The Hall–Kier alpha value is -1.55. The molecule has 0 aromatic carbocycles. The van der Waals surface area contributed by atoms with Crippen LogP contribution in [0.5, 0.6) is 5.75 Å². The van der Waals surface area contributed by atoms with Gasteiger partial charge < -0.3 is 14.9 Å². The van der Waals surface area contributed by atoms with Crippen molar-refractivity contribution >= 4 is 13.7 Å².